The van der Waals surface area contributed by atoms with Crippen LogP contribution in [-0.4, -0.2) is 17.2 Å². The summed E-state index contributed by atoms with van der Waals surface area (Å²) in [6.45, 7) is 2.93. The number of ether oxygens (including phenoxy) is 4. The number of aliphatic hydroxyl groups is 1. The Balaban J connectivity index is 1.54. The van der Waals surface area contributed by atoms with Gasteiger partial charge in [0.1, 0.15) is 19.8 Å². The van der Waals surface area contributed by atoms with E-state index >= 15 is 0 Å². The van der Waals surface area contributed by atoms with Gasteiger partial charge in [-0.15, -0.1) is 0 Å². The number of carbonyl (C=O) groups excluding carboxylic acids is 1. The van der Waals surface area contributed by atoms with Gasteiger partial charge in [0.25, 0.3) is 0 Å². The number of unbranched alkanes of at least 4 members (excludes halogenated alkanes) is 3. The molecule has 0 bridgehead atoms. The molecule has 1 N–H and O–H groups in total. The summed E-state index contributed by atoms with van der Waals surface area (Å²) >= 11 is 0. The van der Waals surface area contributed by atoms with Crippen LogP contribution in [0.25, 0.3) is 0 Å². The number of fused-ring (bicyclic) bond motifs is 1. The van der Waals surface area contributed by atoms with Crippen LogP contribution < -0.4 is 14.2 Å². The maximum atomic E-state index is 13.2. The molecule has 1 heterocycles. The first-order chi connectivity index (χ1) is 20.6. The van der Waals surface area contributed by atoms with E-state index in [9.17, 15) is 9.90 Å². The molecule has 218 valence electrons. The fraction of sp³-hybridized carbons (Fsp3) is 0.306. The van der Waals surface area contributed by atoms with E-state index in [1.54, 1.807) is 6.07 Å². The Morgan fingerprint density at radius 3 is 1.79 bits per heavy atom. The number of aliphatic hydroxyl groups excluding tert-OH is 1. The third-order valence-electron chi connectivity index (χ3n) is 7.37. The highest BCUT2D eigenvalue weighted by molar-refractivity contribution is 5.96. The summed E-state index contributed by atoms with van der Waals surface area (Å²) in [7, 11) is 0. The third kappa shape index (κ3) is 7.31. The molecule has 42 heavy (non-hydrogen) atoms. The van der Waals surface area contributed by atoms with E-state index in [4.69, 9.17) is 18.9 Å². The minimum Gasteiger partial charge on any atom is -0.485 e. The molecule has 0 aromatic heterocycles. The molecule has 2 atom stereocenters. The van der Waals surface area contributed by atoms with Crippen LogP contribution in [0.1, 0.15) is 77.7 Å². The van der Waals surface area contributed by atoms with Crippen molar-refractivity contribution >= 4 is 5.97 Å². The smallest absolute Gasteiger partial charge is 0.339 e. The van der Waals surface area contributed by atoms with E-state index in [2.05, 4.69) is 6.92 Å². The number of benzene rings is 4. The lowest BCUT2D eigenvalue weighted by Gasteiger charge is -2.23. The third-order valence-corrected chi connectivity index (χ3v) is 7.37. The summed E-state index contributed by atoms with van der Waals surface area (Å²) in [6, 6.07) is 31.1. The first kappa shape index (κ1) is 29.2. The SMILES string of the molecule is CCCCCC[C@H](O)[C@H]1OC(=O)c2cc(OCc3ccccc3)c(OCc3ccccc3)c(OCc3ccccc3)c21. The second kappa shape index (κ2) is 14.6. The highest BCUT2D eigenvalue weighted by Gasteiger charge is 2.41. The molecule has 6 heteroatoms. The van der Waals surface area contributed by atoms with Gasteiger partial charge >= 0.3 is 5.97 Å². The van der Waals surface area contributed by atoms with E-state index < -0.39 is 18.2 Å². The normalized spacial score (nSPS) is 14.6. The minimum absolute atomic E-state index is 0.241. The van der Waals surface area contributed by atoms with Gasteiger partial charge in [0.15, 0.2) is 17.6 Å². The van der Waals surface area contributed by atoms with Crippen molar-refractivity contribution in [2.75, 3.05) is 0 Å². The van der Waals surface area contributed by atoms with Crippen molar-refractivity contribution in [1.29, 1.82) is 0 Å². The molecule has 6 nitrogen and oxygen atoms in total. The molecule has 0 fully saturated rings. The van der Waals surface area contributed by atoms with Crippen LogP contribution in [0.5, 0.6) is 17.2 Å². The van der Waals surface area contributed by atoms with E-state index in [-0.39, 0.29) is 19.8 Å². The molecular weight excluding hydrogens is 528 g/mol. The quantitative estimate of drug-likeness (QED) is 0.116. The van der Waals surface area contributed by atoms with Crippen molar-refractivity contribution in [1.82, 2.24) is 0 Å². The summed E-state index contributed by atoms with van der Waals surface area (Å²) in [4.78, 5) is 13.2. The summed E-state index contributed by atoms with van der Waals surface area (Å²) in [5, 5.41) is 11.2. The Hall–Kier alpha value is -4.29. The maximum absolute atomic E-state index is 13.2. The average Bonchev–Trinajstić information content (AvgIpc) is 3.37. The zero-order chi connectivity index (χ0) is 29.1. The lowest BCUT2D eigenvalue weighted by atomic mass is 9.96. The zero-order valence-electron chi connectivity index (χ0n) is 24.0. The fourth-order valence-corrected chi connectivity index (χ4v) is 5.10. The van der Waals surface area contributed by atoms with Gasteiger partial charge in [-0.1, -0.05) is 124 Å². The lowest BCUT2D eigenvalue weighted by molar-refractivity contribution is -0.0137. The van der Waals surface area contributed by atoms with Gasteiger partial charge in [-0.3, -0.25) is 0 Å². The van der Waals surface area contributed by atoms with Crippen LogP contribution in [0.3, 0.4) is 0 Å². The van der Waals surface area contributed by atoms with Crippen LogP contribution in [0.4, 0.5) is 0 Å². The van der Waals surface area contributed by atoms with Crippen LogP contribution >= 0.6 is 0 Å². The van der Waals surface area contributed by atoms with Crippen LogP contribution in [-0.2, 0) is 24.6 Å². The molecule has 0 spiro atoms. The average molecular weight is 567 g/mol. The number of cyclic esters (lactones) is 1. The molecule has 1 aliphatic rings. The van der Waals surface area contributed by atoms with Crippen LogP contribution in [0, 0.1) is 0 Å². The van der Waals surface area contributed by atoms with Crippen molar-refractivity contribution in [3.8, 4) is 17.2 Å². The predicted octanol–water partition coefficient (Wildman–Crippen LogP) is 7.97. The Labute approximate surface area is 247 Å². The number of hydrogen-bond acceptors (Lipinski definition) is 6. The van der Waals surface area contributed by atoms with Gasteiger partial charge in [-0.2, -0.15) is 0 Å². The first-order valence-electron chi connectivity index (χ1n) is 14.7. The molecule has 0 amide bonds. The van der Waals surface area contributed by atoms with Gasteiger partial charge in [-0.25, -0.2) is 4.79 Å². The molecule has 0 radical (unpaired) electrons. The molecular formula is C36H38O6. The van der Waals surface area contributed by atoms with Crippen molar-refractivity contribution in [2.24, 2.45) is 0 Å². The van der Waals surface area contributed by atoms with Gasteiger partial charge in [0, 0.05) is 0 Å². The van der Waals surface area contributed by atoms with Crippen LogP contribution in [0.15, 0.2) is 97.1 Å². The highest BCUT2D eigenvalue weighted by Crippen LogP contribution is 2.50. The van der Waals surface area contributed by atoms with E-state index in [1.807, 2.05) is 91.0 Å². The maximum Gasteiger partial charge on any atom is 0.339 e. The Bertz CT molecular complexity index is 1420. The topological polar surface area (TPSA) is 74.2 Å². The Morgan fingerprint density at radius 1 is 0.714 bits per heavy atom. The van der Waals surface area contributed by atoms with Crippen molar-refractivity contribution < 1.29 is 28.8 Å². The molecule has 0 unspecified atom stereocenters. The molecule has 4 aromatic carbocycles. The molecule has 4 aromatic rings. The van der Waals surface area contributed by atoms with E-state index in [1.165, 1.54) is 0 Å². The number of hydrogen-bond donors (Lipinski definition) is 1. The largest absolute Gasteiger partial charge is 0.485 e. The van der Waals surface area contributed by atoms with Gasteiger partial charge in [-0.05, 0) is 29.2 Å². The Kier molecular flexibility index (Phi) is 10.1. The fourth-order valence-electron chi connectivity index (χ4n) is 5.10. The van der Waals surface area contributed by atoms with Crippen molar-refractivity contribution in [3.63, 3.8) is 0 Å². The number of rotatable bonds is 15. The zero-order valence-corrected chi connectivity index (χ0v) is 24.0. The number of carbonyl (C=O) groups is 1. The second-order valence-corrected chi connectivity index (χ2v) is 10.6. The molecule has 5 rings (SSSR count). The summed E-state index contributed by atoms with van der Waals surface area (Å²) in [5.74, 6) is 0.614. The summed E-state index contributed by atoms with van der Waals surface area (Å²) < 4.78 is 25.0. The minimum atomic E-state index is -0.871. The van der Waals surface area contributed by atoms with Gasteiger partial charge in [0.05, 0.1) is 17.2 Å². The summed E-state index contributed by atoms with van der Waals surface area (Å²) in [6.07, 6.45) is 2.83. The predicted molar refractivity (Wildman–Crippen MR) is 162 cm³/mol. The van der Waals surface area contributed by atoms with Crippen LogP contribution in [0.2, 0.25) is 0 Å². The van der Waals surface area contributed by atoms with E-state index in [0.29, 0.717) is 34.8 Å². The van der Waals surface area contributed by atoms with Gasteiger partial charge in [0.2, 0.25) is 5.75 Å². The second-order valence-electron chi connectivity index (χ2n) is 10.6. The number of esters is 1. The summed E-state index contributed by atoms with van der Waals surface area (Å²) in [5.41, 5.74) is 3.74. The standard InChI is InChI=1S/C36H38O6/c1-2-3-4-14-21-30(37)33-32-29(36(38)42-33)22-31(39-23-26-15-8-5-9-16-26)34(40-24-27-17-10-6-11-18-27)35(32)41-25-28-19-12-7-13-20-28/h5-13,15-20,22,30,33,37H,2-4,14,21,23-25H2,1H3/t30-,33+/m0/s1. The molecule has 1 aliphatic heterocycles. The van der Waals surface area contributed by atoms with Crippen molar-refractivity contribution in [3.05, 3.63) is 125 Å². The molecule has 0 saturated heterocycles. The highest BCUT2D eigenvalue weighted by atomic mass is 16.6. The molecule has 0 aliphatic carbocycles. The monoisotopic (exact) mass is 566 g/mol. The van der Waals surface area contributed by atoms with Gasteiger partial charge < -0.3 is 24.1 Å². The van der Waals surface area contributed by atoms with E-state index in [0.717, 1.165) is 42.4 Å². The Morgan fingerprint density at radius 2 is 1.24 bits per heavy atom. The first-order valence-corrected chi connectivity index (χ1v) is 14.7. The lowest BCUT2D eigenvalue weighted by Crippen LogP contribution is -2.19. The van der Waals surface area contributed by atoms with Crippen molar-refractivity contribution in [2.45, 2.75) is 71.1 Å². The molecule has 0 saturated carbocycles.